The van der Waals surface area contributed by atoms with E-state index in [9.17, 15) is 8.42 Å². The molecule has 6 nitrogen and oxygen atoms in total. The fourth-order valence-electron chi connectivity index (χ4n) is 2.49. The molecule has 0 amide bonds. The maximum absolute atomic E-state index is 12.7. The van der Waals surface area contributed by atoms with Crippen molar-refractivity contribution in [3.8, 4) is 17.2 Å². The van der Waals surface area contributed by atoms with Crippen LogP contribution in [0.2, 0.25) is 0 Å². The number of hydrogen-bond donors (Lipinski definition) is 1. The quantitative estimate of drug-likeness (QED) is 0.826. The summed E-state index contributed by atoms with van der Waals surface area (Å²) in [5.74, 6) is 1.13. The summed E-state index contributed by atoms with van der Waals surface area (Å²) in [6.45, 7) is 6.22. The second-order valence-electron chi connectivity index (χ2n) is 6.79. The summed E-state index contributed by atoms with van der Waals surface area (Å²) in [6, 6.07) is 9.93. The number of hydrogen-bond acceptors (Lipinski definition) is 5. The van der Waals surface area contributed by atoms with Gasteiger partial charge in [0.2, 0.25) is 5.75 Å². The van der Waals surface area contributed by atoms with Gasteiger partial charge < -0.3 is 14.2 Å². The third kappa shape index (κ3) is 4.22. The summed E-state index contributed by atoms with van der Waals surface area (Å²) < 4.78 is 43.7. The van der Waals surface area contributed by atoms with Crippen LogP contribution in [0.4, 0.5) is 5.69 Å². The summed E-state index contributed by atoms with van der Waals surface area (Å²) in [5, 5.41) is 0. The molecule has 0 aliphatic heterocycles. The lowest BCUT2D eigenvalue weighted by Crippen LogP contribution is -2.15. The van der Waals surface area contributed by atoms with Gasteiger partial charge in [0.1, 0.15) is 0 Å². The van der Waals surface area contributed by atoms with Gasteiger partial charge in [-0.15, -0.1) is 0 Å². The third-order valence-corrected chi connectivity index (χ3v) is 5.34. The van der Waals surface area contributed by atoms with Gasteiger partial charge in [-0.05, 0) is 23.1 Å². The molecule has 1 N–H and O–H groups in total. The lowest BCUT2D eigenvalue weighted by Gasteiger charge is -2.19. The van der Waals surface area contributed by atoms with Crippen molar-refractivity contribution in [1.82, 2.24) is 0 Å². The second kappa shape index (κ2) is 7.45. The van der Waals surface area contributed by atoms with E-state index in [0.29, 0.717) is 22.9 Å². The Bertz CT molecular complexity index is 843. The van der Waals surface area contributed by atoms with Crippen molar-refractivity contribution < 1.29 is 22.6 Å². The van der Waals surface area contributed by atoms with Gasteiger partial charge in [0, 0.05) is 12.1 Å². The molecule has 0 saturated carbocycles. The largest absolute Gasteiger partial charge is 0.493 e. The molecule has 0 spiro atoms. The van der Waals surface area contributed by atoms with E-state index >= 15 is 0 Å². The van der Waals surface area contributed by atoms with Crippen LogP contribution in [0.25, 0.3) is 0 Å². The summed E-state index contributed by atoms with van der Waals surface area (Å²) in [5.41, 5.74) is 1.33. The highest BCUT2D eigenvalue weighted by molar-refractivity contribution is 7.92. The molecule has 2 aromatic carbocycles. The van der Waals surface area contributed by atoms with Crippen LogP contribution < -0.4 is 18.9 Å². The van der Waals surface area contributed by atoms with E-state index in [2.05, 4.69) is 25.5 Å². The van der Waals surface area contributed by atoms with E-state index in [-0.39, 0.29) is 10.3 Å². The van der Waals surface area contributed by atoms with Crippen LogP contribution in [-0.4, -0.2) is 29.7 Å². The monoisotopic (exact) mass is 379 g/mol. The van der Waals surface area contributed by atoms with Gasteiger partial charge in [-0.3, -0.25) is 4.72 Å². The lowest BCUT2D eigenvalue weighted by atomic mass is 9.87. The first-order valence-electron chi connectivity index (χ1n) is 8.05. The Morgan fingerprint density at radius 1 is 0.846 bits per heavy atom. The maximum Gasteiger partial charge on any atom is 0.261 e. The van der Waals surface area contributed by atoms with Crippen molar-refractivity contribution in [2.75, 3.05) is 26.1 Å². The number of methoxy groups -OCH3 is 3. The number of nitrogens with one attached hydrogen (secondary N) is 1. The van der Waals surface area contributed by atoms with Crippen LogP contribution in [0.1, 0.15) is 26.3 Å². The molecule has 26 heavy (non-hydrogen) atoms. The molecule has 0 heterocycles. The van der Waals surface area contributed by atoms with Crippen molar-refractivity contribution in [1.29, 1.82) is 0 Å². The van der Waals surface area contributed by atoms with Crippen LogP contribution in [-0.2, 0) is 15.4 Å². The molecular weight excluding hydrogens is 354 g/mol. The predicted molar refractivity (Wildman–Crippen MR) is 102 cm³/mol. The summed E-state index contributed by atoms with van der Waals surface area (Å²) >= 11 is 0. The second-order valence-corrected chi connectivity index (χ2v) is 8.48. The molecule has 0 aliphatic rings. The van der Waals surface area contributed by atoms with Crippen LogP contribution >= 0.6 is 0 Å². The van der Waals surface area contributed by atoms with E-state index in [1.54, 1.807) is 24.3 Å². The molecule has 0 aliphatic carbocycles. The third-order valence-electron chi connectivity index (χ3n) is 3.95. The highest BCUT2D eigenvalue weighted by Gasteiger charge is 2.20. The Balaban J connectivity index is 2.37. The normalized spacial score (nSPS) is 11.8. The summed E-state index contributed by atoms with van der Waals surface area (Å²) in [7, 11) is 0.686. The van der Waals surface area contributed by atoms with Crippen molar-refractivity contribution in [3.05, 3.63) is 42.0 Å². The molecule has 0 bridgehead atoms. The van der Waals surface area contributed by atoms with Crippen molar-refractivity contribution in [2.24, 2.45) is 0 Å². The highest BCUT2D eigenvalue weighted by atomic mass is 32.2. The van der Waals surface area contributed by atoms with Gasteiger partial charge in [-0.2, -0.15) is 0 Å². The van der Waals surface area contributed by atoms with Crippen LogP contribution in [0.15, 0.2) is 41.3 Å². The zero-order chi connectivity index (χ0) is 19.5. The molecule has 0 fully saturated rings. The van der Waals surface area contributed by atoms with E-state index < -0.39 is 10.0 Å². The zero-order valence-electron chi connectivity index (χ0n) is 15.9. The number of rotatable bonds is 6. The first-order chi connectivity index (χ1) is 12.1. The lowest BCUT2D eigenvalue weighted by molar-refractivity contribution is 0.325. The molecule has 7 heteroatoms. The fourth-order valence-corrected chi connectivity index (χ4v) is 3.53. The number of ether oxygens (including phenoxy) is 3. The molecule has 0 aromatic heterocycles. The van der Waals surface area contributed by atoms with Gasteiger partial charge in [0.15, 0.2) is 11.5 Å². The number of anilines is 1. The van der Waals surface area contributed by atoms with Gasteiger partial charge in [0.05, 0.1) is 31.9 Å². The van der Waals surface area contributed by atoms with Gasteiger partial charge >= 0.3 is 0 Å². The Hall–Kier alpha value is -2.41. The van der Waals surface area contributed by atoms with Gasteiger partial charge in [-0.25, -0.2) is 8.42 Å². The smallest absolute Gasteiger partial charge is 0.261 e. The summed E-state index contributed by atoms with van der Waals surface area (Å²) in [4.78, 5) is 0.180. The van der Waals surface area contributed by atoms with Crippen molar-refractivity contribution >= 4 is 15.7 Å². The minimum atomic E-state index is -3.75. The first-order valence-corrected chi connectivity index (χ1v) is 9.54. The molecule has 0 radical (unpaired) electrons. The molecule has 2 aromatic rings. The first kappa shape index (κ1) is 19.9. The van der Waals surface area contributed by atoms with E-state index in [4.69, 9.17) is 14.2 Å². The topological polar surface area (TPSA) is 73.9 Å². The minimum absolute atomic E-state index is 0.0492. The minimum Gasteiger partial charge on any atom is -0.493 e. The van der Waals surface area contributed by atoms with Crippen LogP contribution in [0.5, 0.6) is 17.2 Å². The average molecular weight is 379 g/mol. The Morgan fingerprint density at radius 3 is 1.73 bits per heavy atom. The molecular formula is C19H25NO5S. The van der Waals surface area contributed by atoms with Gasteiger partial charge in [0.25, 0.3) is 10.0 Å². The standard InChI is InChI=1S/C19H25NO5S/c1-19(2,3)13-7-9-15(10-8-13)26(21,22)20-14-11-16(23-4)18(25-6)17(12-14)24-5/h7-12,20H,1-6H3. The molecule has 0 saturated heterocycles. The van der Waals surface area contributed by atoms with Crippen molar-refractivity contribution in [2.45, 2.75) is 31.1 Å². The molecule has 2 rings (SSSR count). The summed E-state index contributed by atoms with van der Waals surface area (Å²) in [6.07, 6.45) is 0. The Morgan fingerprint density at radius 2 is 1.35 bits per heavy atom. The van der Waals surface area contributed by atoms with Crippen molar-refractivity contribution in [3.63, 3.8) is 0 Å². The van der Waals surface area contributed by atoms with Crippen LogP contribution in [0, 0.1) is 0 Å². The average Bonchev–Trinajstić information content (AvgIpc) is 2.59. The van der Waals surface area contributed by atoms with Gasteiger partial charge in [-0.1, -0.05) is 32.9 Å². The fraction of sp³-hybridized carbons (Fsp3) is 0.368. The maximum atomic E-state index is 12.7. The van der Waals surface area contributed by atoms with E-state index in [0.717, 1.165) is 5.56 Å². The Kier molecular flexibility index (Phi) is 5.71. The highest BCUT2D eigenvalue weighted by Crippen LogP contribution is 2.40. The van der Waals surface area contributed by atoms with E-state index in [1.165, 1.54) is 21.3 Å². The SMILES string of the molecule is COc1cc(NS(=O)(=O)c2ccc(C(C)(C)C)cc2)cc(OC)c1OC. The Labute approximate surface area is 155 Å². The van der Waals surface area contributed by atoms with Crippen LogP contribution in [0.3, 0.4) is 0 Å². The zero-order valence-corrected chi connectivity index (χ0v) is 16.7. The molecule has 0 unspecified atom stereocenters. The number of sulfonamides is 1. The molecule has 142 valence electrons. The number of benzene rings is 2. The molecule has 0 atom stereocenters. The predicted octanol–water partition coefficient (Wildman–Crippen LogP) is 3.81. The van der Waals surface area contributed by atoms with E-state index in [1.807, 2.05) is 12.1 Å².